The Balaban J connectivity index is 1.82. The second-order valence-corrected chi connectivity index (χ2v) is 5.42. The van der Waals surface area contributed by atoms with Crippen LogP contribution < -0.4 is 10.6 Å². The Morgan fingerprint density at radius 3 is 2.46 bits per heavy atom. The third-order valence-corrected chi connectivity index (χ3v) is 3.43. The topological polar surface area (TPSA) is 84.5 Å². The number of para-hydroxylation sites is 1. The number of esters is 1. The molecular formula is C16H12BrFN2O4. The Bertz CT molecular complexity index is 768. The van der Waals surface area contributed by atoms with Gasteiger partial charge in [0.05, 0.1) is 5.56 Å². The van der Waals surface area contributed by atoms with E-state index in [0.717, 1.165) is 12.1 Å². The van der Waals surface area contributed by atoms with Gasteiger partial charge < -0.3 is 10.1 Å². The fourth-order valence-corrected chi connectivity index (χ4v) is 2.22. The van der Waals surface area contributed by atoms with E-state index in [1.165, 1.54) is 6.07 Å². The summed E-state index contributed by atoms with van der Waals surface area (Å²) in [4.78, 5) is 35.0. The molecule has 24 heavy (non-hydrogen) atoms. The molecule has 0 aliphatic carbocycles. The van der Waals surface area contributed by atoms with Crippen molar-refractivity contribution >= 4 is 39.5 Å². The summed E-state index contributed by atoms with van der Waals surface area (Å²) in [6.45, 7) is -0.648. The number of nitrogens with one attached hydrogen (secondary N) is 2. The molecule has 3 amide bonds. The number of hydrogen-bond donors (Lipinski definition) is 2. The van der Waals surface area contributed by atoms with Crippen LogP contribution in [0.15, 0.2) is 53.0 Å². The Hall–Kier alpha value is -2.74. The number of carbonyl (C=O) groups excluding carboxylic acids is 3. The van der Waals surface area contributed by atoms with E-state index >= 15 is 0 Å². The maximum atomic E-state index is 13.0. The average Bonchev–Trinajstić information content (AvgIpc) is 2.53. The quantitative estimate of drug-likeness (QED) is 0.780. The van der Waals surface area contributed by atoms with Crippen LogP contribution in [0.4, 0.5) is 14.9 Å². The maximum absolute atomic E-state index is 13.0. The summed E-state index contributed by atoms with van der Waals surface area (Å²) in [6.07, 6.45) is 0. The molecular weight excluding hydrogens is 383 g/mol. The molecule has 0 unspecified atom stereocenters. The summed E-state index contributed by atoms with van der Waals surface area (Å²) in [6, 6.07) is 11.2. The number of rotatable bonds is 4. The van der Waals surface area contributed by atoms with Crippen molar-refractivity contribution < 1.29 is 23.5 Å². The zero-order chi connectivity index (χ0) is 17.5. The molecule has 8 heteroatoms. The van der Waals surface area contributed by atoms with E-state index in [2.05, 4.69) is 21.2 Å². The smallest absolute Gasteiger partial charge is 0.339 e. The van der Waals surface area contributed by atoms with E-state index in [9.17, 15) is 18.8 Å². The Kier molecular flexibility index (Phi) is 6.02. The number of halogens is 2. The van der Waals surface area contributed by atoms with Crippen LogP contribution in [-0.4, -0.2) is 24.5 Å². The zero-order valence-corrected chi connectivity index (χ0v) is 13.8. The molecule has 0 bridgehead atoms. The minimum atomic E-state index is -0.819. The van der Waals surface area contributed by atoms with E-state index in [0.29, 0.717) is 5.69 Å². The Morgan fingerprint density at radius 2 is 1.79 bits per heavy atom. The lowest BCUT2D eigenvalue weighted by Gasteiger charge is -2.08. The number of urea groups is 1. The van der Waals surface area contributed by atoms with E-state index < -0.39 is 30.3 Å². The number of ether oxygens (including phenoxy) is 1. The predicted molar refractivity (Wildman–Crippen MR) is 88.0 cm³/mol. The highest BCUT2D eigenvalue weighted by atomic mass is 79.9. The number of hydrogen-bond acceptors (Lipinski definition) is 4. The van der Waals surface area contributed by atoms with Crippen molar-refractivity contribution in [3.63, 3.8) is 0 Å². The molecule has 0 spiro atoms. The van der Waals surface area contributed by atoms with Gasteiger partial charge in [0.25, 0.3) is 5.91 Å². The summed E-state index contributed by atoms with van der Waals surface area (Å²) in [5.41, 5.74) is 0.577. The van der Waals surface area contributed by atoms with Gasteiger partial charge in [-0.25, -0.2) is 14.0 Å². The summed E-state index contributed by atoms with van der Waals surface area (Å²) in [5.74, 6) is -2.13. The van der Waals surface area contributed by atoms with Crippen molar-refractivity contribution in [1.82, 2.24) is 5.32 Å². The highest BCUT2D eigenvalue weighted by Crippen LogP contribution is 2.18. The zero-order valence-electron chi connectivity index (χ0n) is 12.2. The lowest BCUT2D eigenvalue weighted by atomic mass is 10.2. The molecule has 0 saturated heterocycles. The number of carbonyl (C=O) groups is 3. The maximum Gasteiger partial charge on any atom is 0.339 e. The van der Waals surface area contributed by atoms with Gasteiger partial charge in [0.15, 0.2) is 6.61 Å². The van der Waals surface area contributed by atoms with Gasteiger partial charge in [-0.1, -0.05) is 18.2 Å². The summed E-state index contributed by atoms with van der Waals surface area (Å²) in [5, 5.41) is 4.47. The summed E-state index contributed by atoms with van der Waals surface area (Å²) in [7, 11) is 0. The number of benzene rings is 2. The van der Waals surface area contributed by atoms with Crippen molar-refractivity contribution in [1.29, 1.82) is 0 Å². The van der Waals surface area contributed by atoms with Crippen LogP contribution in [0.25, 0.3) is 0 Å². The Morgan fingerprint density at radius 1 is 1.08 bits per heavy atom. The lowest BCUT2D eigenvalue weighted by molar-refractivity contribution is -0.123. The molecule has 0 aliphatic heterocycles. The van der Waals surface area contributed by atoms with E-state index in [-0.39, 0.29) is 10.0 Å². The van der Waals surface area contributed by atoms with Gasteiger partial charge in [-0.2, -0.15) is 0 Å². The first kappa shape index (κ1) is 17.6. The van der Waals surface area contributed by atoms with Gasteiger partial charge in [-0.15, -0.1) is 0 Å². The van der Waals surface area contributed by atoms with Crippen LogP contribution in [0.3, 0.4) is 0 Å². The fourth-order valence-electron chi connectivity index (χ4n) is 1.71. The van der Waals surface area contributed by atoms with Crippen molar-refractivity contribution in [2.45, 2.75) is 0 Å². The van der Waals surface area contributed by atoms with E-state index in [1.807, 2.05) is 5.32 Å². The second-order valence-electron chi connectivity index (χ2n) is 4.57. The highest BCUT2D eigenvalue weighted by molar-refractivity contribution is 9.10. The van der Waals surface area contributed by atoms with Gasteiger partial charge >= 0.3 is 12.0 Å². The normalized spacial score (nSPS) is 9.92. The molecule has 0 fully saturated rings. The van der Waals surface area contributed by atoms with Crippen LogP contribution in [0, 0.1) is 5.82 Å². The first-order chi connectivity index (χ1) is 11.5. The summed E-state index contributed by atoms with van der Waals surface area (Å²) < 4.78 is 17.9. The first-order valence-corrected chi connectivity index (χ1v) is 7.53. The molecule has 0 atom stereocenters. The molecule has 0 heterocycles. The summed E-state index contributed by atoms with van der Waals surface area (Å²) >= 11 is 3.03. The number of imide groups is 1. The standard InChI is InChI=1S/C16H12BrFN2O4/c17-13-8-10(18)6-7-12(13)15(22)24-9-14(21)20-16(23)19-11-4-2-1-3-5-11/h1-8H,9H2,(H2,19,20,21,23). The van der Waals surface area contributed by atoms with Gasteiger partial charge in [0.1, 0.15) is 5.82 Å². The minimum Gasteiger partial charge on any atom is -0.452 e. The minimum absolute atomic E-state index is 0.0675. The highest BCUT2D eigenvalue weighted by Gasteiger charge is 2.15. The molecule has 2 rings (SSSR count). The molecule has 2 aromatic rings. The molecule has 0 aromatic heterocycles. The van der Waals surface area contributed by atoms with Crippen molar-refractivity contribution in [3.05, 3.63) is 64.4 Å². The van der Waals surface area contributed by atoms with Crippen LogP contribution in [0.1, 0.15) is 10.4 Å². The number of anilines is 1. The molecule has 2 aromatic carbocycles. The van der Waals surface area contributed by atoms with E-state index in [4.69, 9.17) is 4.74 Å². The van der Waals surface area contributed by atoms with Gasteiger partial charge in [0.2, 0.25) is 0 Å². The monoisotopic (exact) mass is 394 g/mol. The molecule has 0 radical (unpaired) electrons. The Labute approximate surface area is 145 Å². The van der Waals surface area contributed by atoms with Crippen molar-refractivity contribution in [2.24, 2.45) is 0 Å². The lowest BCUT2D eigenvalue weighted by Crippen LogP contribution is -2.37. The predicted octanol–water partition coefficient (Wildman–Crippen LogP) is 3.09. The average molecular weight is 395 g/mol. The SMILES string of the molecule is O=C(COC(=O)c1ccc(F)cc1Br)NC(=O)Nc1ccccc1. The molecule has 2 N–H and O–H groups in total. The molecule has 124 valence electrons. The largest absolute Gasteiger partial charge is 0.452 e. The van der Waals surface area contributed by atoms with Crippen LogP contribution in [-0.2, 0) is 9.53 Å². The van der Waals surface area contributed by atoms with Crippen LogP contribution in [0.2, 0.25) is 0 Å². The first-order valence-electron chi connectivity index (χ1n) is 6.74. The molecule has 0 aliphatic rings. The third-order valence-electron chi connectivity index (χ3n) is 2.77. The van der Waals surface area contributed by atoms with Crippen LogP contribution >= 0.6 is 15.9 Å². The second kappa shape index (κ2) is 8.21. The van der Waals surface area contributed by atoms with Crippen molar-refractivity contribution in [3.8, 4) is 0 Å². The number of amides is 3. The molecule has 6 nitrogen and oxygen atoms in total. The van der Waals surface area contributed by atoms with Crippen molar-refractivity contribution in [2.75, 3.05) is 11.9 Å². The van der Waals surface area contributed by atoms with Crippen LogP contribution in [0.5, 0.6) is 0 Å². The fraction of sp³-hybridized carbons (Fsp3) is 0.0625. The van der Waals surface area contributed by atoms with Gasteiger partial charge in [0, 0.05) is 10.2 Å². The van der Waals surface area contributed by atoms with Gasteiger partial charge in [-0.3, -0.25) is 10.1 Å². The van der Waals surface area contributed by atoms with Gasteiger partial charge in [-0.05, 0) is 46.3 Å². The molecule has 0 saturated carbocycles. The van der Waals surface area contributed by atoms with E-state index in [1.54, 1.807) is 30.3 Å². The third kappa shape index (κ3) is 5.17.